The van der Waals surface area contributed by atoms with Gasteiger partial charge >= 0.3 is 0 Å². The van der Waals surface area contributed by atoms with Crippen LogP contribution in [0.5, 0.6) is 0 Å². The van der Waals surface area contributed by atoms with Gasteiger partial charge in [0.1, 0.15) is 0 Å². The summed E-state index contributed by atoms with van der Waals surface area (Å²) in [6.07, 6.45) is 0. The standard InChI is InChI=1S/C14H21Br2N3/c1-10(2)19-5-3-18(4-6-19)9-11-7-12(15)8-13(16)14(11)17/h7-8,10H,3-6,9,17H2,1-2H3. The lowest BCUT2D eigenvalue weighted by Crippen LogP contribution is -2.48. The second-order valence-corrected chi connectivity index (χ2v) is 7.14. The van der Waals surface area contributed by atoms with E-state index in [0.29, 0.717) is 6.04 Å². The molecule has 1 aromatic rings. The molecule has 0 aromatic heterocycles. The molecule has 0 unspecified atom stereocenters. The Kier molecular flexibility index (Phi) is 5.29. The van der Waals surface area contributed by atoms with E-state index in [9.17, 15) is 0 Å². The van der Waals surface area contributed by atoms with Crippen molar-refractivity contribution in [3.8, 4) is 0 Å². The van der Waals surface area contributed by atoms with Crippen LogP contribution in [0.25, 0.3) is 0 Å². The first-order valence-corrected chi connectivity index (χ1v) is 8.25. The van der Waals surface area contributed by atoms with Gasteiger partial charge in [0.05, 0.1) is 5.69 Å². The second-order valence-electron chi connectivity index (χ2n) is 5.37. The minimum absolute atomic E-state index is 0.646. The van der Waals surface area contributed by atoms with Crippen LogP contribution in [0.1, 0.15) is 19.4 Å². The molecule has 3 nitrogen and oxygen atoms in total. The van der Waals surface area contributed by atoms with Crippen molar-refractivity contribution in [1.29, 1.82) is 0 Å². The maximum atomic E-state index is 6.14. The molecule has 1 saturated heterocycles. The van der Waals surface area contributed by atoms with Gasteiger partial charge in [-0.15, -0.1) is 0 Å². The summed E-state index contributed by atoms with van der Waals surface area (Å²) < 4.78 is 2.04. The van der Waals surface area contributed by atoms with Gasteiger partial charge in [0, 0.05) is 47.7 Å². The Morgan fingerprint density at radius 1 is 1.16 bits per heavy atom. The third-order valence-electron chi connectivity index (χ3n) is 3.71. The fraction of sp³-hybridized carbons (Fsp3) is 0.571. The highest BCUT2D eigenvalue weighted by Crippen LogP contribution is 2.29. The molecule has 1 aliphatic rings. The molecular weight excluding hydrogens is 370 g/mol. The molecule has 2 N–H and O–H groups in total. The molecule has 0 radical (unpaired) electrons. The molecule has 0 bridgehead atoms. The fourth-order valence-corrected chi connectivity index (χ4v) is 3.76. The highest BCUT2D eigenvalue weighted by atomic mass is 79.9. The smallest absolute Gasteiger partial charge is 0.0504 e. The van der Waals surface area contributed by atoms with Crippen LogP contribution in [0, 0.1) is 0 Å². The lowest BCUT2D eigenvalue weighted by atomic mass is 10.1. The van der Waals surface area contributed by atoms with Crippen molar-refractivity contribution >= 4 is 37.5 Å². The predicted molar refractivity (Wildman–Crippen MR) is 88.2 cm³/mol. The summed E-state index contributed by atoms with van der Waals surface area (Å²) in [5, 5.41) is 0. The Morgan fingerprint density at radius 2 is 1.79 bits per heavy atom. The largest absolute Gasteiger partial charge is 0.398 e. The molecule has 0 atom stereocenters. The van der Waals surface area contributed by atoms with Crippen molar-refractivity contribution in [2.45, 2.75) is 26.4 Å². The number of rotatable bonds is 3. The molecular formula is C14H21Br2N3. The van der Waals surface area contributed by atoms with E-state index < -0.39 is 0 Å². The maximum absolute atomic E-state index is 6.14. The molecule has 0 saturated carbocycles. The predicted octanol–water partition coefficient (Wildman–Crippen LogP) is 3.32. The number of piperazine rings is 1. The van der Waals surface area contributed by atoms with Gasteiger partial charge in [0.2, 0.25) is 0 Å². The van der Waals surface area contributed by atoms with Gasteiger partial charge in [-0.05, 0) is 47.5 Å². The zero-order chi connectivity index (χ0) is 14.0. The SMILES string of the molecule is CC(C)N1CCN(Cc2cc(Br)cc(Br)c2N)CC1. The number of halogens is 2. The minimum Gasteiger partial charge on any atom is -0.398 e. The number of benzene rings is 1. The topological polar surface area (TPSA) is 32.5 Å². The quantitative estimate of drug-likeness (QED) is 0.803. The zero-order valence-corrected chi connectivity index (χ0v) is 14.7. The van der Waals surface area contributed by atoms with Crippen LogP contribution in [0.15, 0.2) is 21.1 Å². The van der Waals surface area contributed by atoms with E-state index in [4.69, 9.17) is 5.73 Å². The third kappa shape index (κ3) is 3.94. The fourth-order valence-electron chi connectivity index (χ4n) is 2.45. The summed E-state index contributed by atoms with van der Waals surface area (Å²) in [5.41, 5.74) is 8.19. The minimum atomic E-state index is 0.646. The zero-order valence-electron chi connectivity index (χ0n) is 11.5. The lowest BCUT2D eigenvalue weighted by Gasteiger charge is -2.37. The average Bonchev–Trinajstić information content (AvgIpc) is 2.36. The molecule has 5 heteroatoms. The maximum Gasteiger partial charge on any atom is 0.0504 e. The van der Waals surface area contributed by atoms with Crippen molar-refractivity contribution < 1.29 is 0 Å². The summed E-state index contributed by atoms with van der Waals surface area (Å²) in [6, 6.07) is 4.76. The van der Waals surface area contributed by atoms with Crippen LogP contribution in [-0.4, -0.2) is 42.0 Å². The van der Waals surface area contributed by atoms with E-state index in [0.717, 1.165) is 47.4 Å². The van der Waals surface area contributed by atoms with E-state index in [2.05, 4.69) is 61.6 Å². The van der Waals surface area contributed by atoms with Gasteiger partial charge in [0.15, 0.2) is 0 Å². The molecule has 19 heavy (non-hydrogen) atoms. The molecule has 0 aliphatic carbocycles. The summed E-state index contributed by atoms with van der Waals surface area (Å²) >= 11 is 7.04. The van der Waals surface area contributed by atoms with Gasteiger partial charge in [-0.3, -0.25) is 9.80 Å². The van der Waals surface area contributed by atoms with Crippen LogP contribution >= 0.6 is 31.9 Å². The van der Waals surface area contributed by atoms with Crippen molar-refractivity contribution in [1.82, 2.24) is 9.80 Å². The number of hydrogen-bond donors (Lipinski definition) is 1. The molecule has 1 aliphatic heterocycles. The molecule has 0 amide bonds. The third-order valence-corrected chi connectivity index (χ3v) is 4.83. The Labute approximate surface area is 132 Å². The normalized spacial score (nSPS) is 18.2. The Hall–Kier alpha value is -0.100. The monoisotopic (exact) mass is 389 g/mol. The van der Waals surface area contributed by atoms with Crippen molar-refractivity contribution in [3.05, 3.63) is 26.6 Å². The first-order valence-electron chi connectivity index (χ1n) is 6.67. The number of hydrogen-bond acceptors (Lipinski definition) is 3. The molecule has 106 valence electrons. The van der Waals surface area contributed by atoms with Crippen LogP contribution in [-0.2, 0) is 6.54 Å². The molecule has 0 spiro atoms. The highest BCUT2D eigenvalue weighted by Gasteiger charge is 2.19. The first kappa shape index (κ1) is 15.3. The Balaban J connectivity index is 2.00. The van der Waals surface area contributed by atoms with Crippen LogP contribution in [0.3, 0.4) is 0 Å². The molecule has 2 rings (SSSR count). The van der Waals surface area contributed by atoms with Crippen molar-refractivity contribution in [3.63, 3.8) is 0 Å². The van der Waals surface area contributed by atoms with Crippen LogP contribution < -0.4 is 5.73 Å². The summed E-state index contributed by atoms with van der Waals surface area (Å²) in [6.45, 7) is 9.97. The average molecular weight is 391 g/mol. The van der Waals surface area contributed by atoms with E-state index in [-0.39, 0.29) is 0 Å². The van der Waals surface area contributed by atoms with Crippen LogP contribution in [0.2, 0.25) is 0 Å². The second kappa shape index (κ2) is 6.57. The number of nitrogens with two attached hydrogens (primary N) is 1. The first-order chi connectivity index (χ1) is 8.97. The molecule has 1 heterocycles. The molecule has 1 fully saturated rings. The molecule has 1 aromatic carbocycles. The Morgan fingerprint density at radius 3 is 2.37 bits per heavy atom. The van der Waals surface area contributed by atoms with Crippen LogP contribution in [0.4, 0.5) is 5.69 Å². The number of anilines is 1. The number of nitrogen functional groups attached to an aromatic ring is 1. The van der Waals surface area contributed by atoms with Crippen molar-refractivity contribution in [2.75, 3.05) is 31.9 Å². The summed E-state index contributed by atoms with van der Waals surface area (Å²) in [7, 11) is 0. The van der Waals surface area contributed by atoms with Gasteiger partial charge in [0.25, 0.3) is 0 Å². The highest BCUT2D eigenvalue weighted by molar-refractivity contribution is 9.11. The van der Waals surface area contributed by atoms with Gasteiger partial charge in [-0.2, -0.15) is 0 Å². The number of nitrogens with zero attached hydrogens (tertiary/aromatic N) is 2. The van der Waals surface area contributed by atoms with E-state index >= 15 is 0 Å². The van der Waals surface area contributed by atoms with E-state index in [1.165, 1.54) is 5.56 Å². The van der Waals surface area contributed by atoms with E-state index in [1.807, 2.05) is 6.07 Å². The lowest BCUT2D eigenvalue weighted by molar-refractivity contribution is 0.104. The summed E-state index contributed by atoms with van der Waals surface area (Å²) in [5.74, 6) is 0. The van der Waals surface area contributed by atoms with Gasteiger partial charge in [-0.1, -0.05) is 15.9 Å². The Bertz CT molecular complexity index is 441. The summed E-state index contributed by atoms with van der Waals surface area (Å²) in [4.78, 5) is 5.00. The van der Waals surface area contributed by atoms with Crippen molar-refractivity contribution in [2.24, 2.45) is 0 Å². The van der Waals surface area contributed by atoms with Gasteiger partial charge < -0.3 is 5.73 Å². The van der Waals surface area contributed by atoms with Gasteiger partial charge in [-0.25, -0.2) is 0 Å². The van der Waals surface area contributed by atoms with E-state index in [1.54, 1.807) is 0 Å².